The Morgan fingerprint density at radius 2 is 1.61 bits per heavy atom. The summed E-state index contributed by atoms with van der Waals surface area (Å²) in [5.74, 6) is 0. The Bertz CT molecular complexity index is 1190. The van der Waals surface area contributed by atoms with Crippen molar-refractivity contribution in [2.24, 2.45) is 0 Å². The van der Waals surface area contributed by atoms with Gasteiger partial charge >= 0.3 is 163 Å². The predicted molar refractivity (Wildman–Crippen MR) is 111 cm³/mol. The van der Waals surface area contributed by atoms with Gasteiger partial charge in [-0.1, -0.05) is 0 Å². The molecule has 5 rings (SSSR count). The topological polar surface area (TPSA) is 0 Å². The fourth-order valence-electron chi connectivity index (χ4n) is 4.58. The fourth-order valence-corrected chi connectivity index (χ4v) is 11.8. The summed E-state index contributed by atoms with van der Waals surface area (Å²) >= 11 is -1.91. The molecule has 3 aromatic rings. The molecule has 0 spiro atoms. The van der Waals surface area contributed by atoms with E-state index in [1.54, 1.807) is 15.3 Å². The molecule has 140 valence electrons. The Morgan fingerprint density at radius 3 is 2.36 bits per heavy atom. The maximum absolute atomic E-state index is 2.56. The molecule has 0 aromatic heterocycles. The number of rotatable bonds is 2. The molecule has 2 aliphatic carbocycles. The minimum Gasteiger partial charge on any atom is -1.00 e. The zero-order valence-electron chi connectivity index (χ0n) is 16.1. The zero-order valence-corrected chi connectivity index (χ0v) is 20.1. The van der Waals surface area contributed by atoms with Crippen molar-refractivity contribution < 1.29 is 46.1 Å². The normalized spacial score (nSPS) is 13.9. The van der Waals surface area contributed by atoms with Crippen LogP contribution in [0.2, 0.25) is 0 Å². The molecule has 0 atom stereocenters. The van der Waals surface area contributed by atoms with Crippen molar-refractivity contribution in [3.63, 3.8) is 0 Å². The molecule has 2 aliphatic rings. The molecule has 0 saturated heterocycles. The first-order valence-corrected chi connectivity index (χ1v) is 13.1. The van der Waals surface area contributed by atoms with E-state index in [0.717, 1.165) is 6.42 Å². The van der Waals surface area contributed by atoms with Gasteiger partial charge in [0, 0.05) is 0 Å². The van der Waals surface area contributed by atoms with Crippen LogP contribution in [-0.4, -0.2) is 3.21 Å². The third-order valence-electron chi connectivity index (χ3n) is 5.68. The summed E-state index contributed by atoms with van der Waals surface area (Å²) in [5.41, 5.74) is 3.09. The molecule has 0 bridgehead atoms. The molecule has 0 aliphatic heterocycles. The monoisotopic (exact) mass is 482 g/mol. The van der Waals surface area contributed by atoms with Gasteiger partial charge in [-0.15, -0.1) is 0 Å². The summed E-state index contributed by atoms with van der Waals surface area (Å²) in [7, 11) is 0. The largest absolute Gasteiger partial charge is 1.00 e. The van der Waals surface area contributed by atoms with Gasteiger partial charge < -0.3 is 24.8 Å². The molecule has 0 saturated carbocycles. The van der Waals surface area contributed by atoms with Gasteiger partial charge in [-0.2, -0.15) is 0 Å². The number of allylic oxidation sites excluding steroid dienone is 5. The van der Waals surface area contributed by atoms with E-state index >= 15 is 0 Å². The summed E-state index contributed by atoms with van der Waals surface area (Å²) in [6.07, 6.45) is 11.8. The Kier molecular flexibility index (Phi) is 6.60. The number of hydrogen-bond donors (Lipinski definition) is 0. The van der Waals surface area contributed by atoms with Crippen LogP contribution >= 0.6 is 0 Å². The SMILES string of the molecule is C[C](C)=[Zr+2]([C]1=CC=CC1)[C]1=CCc2c1ccc1ccc3ccccc3c21.[Cl-].[Cl-]. The standard InChI is InChI=1S/C17H11.C5H5.C3H6.2ClH.Zr/c1-2-6-15-12(4-1)8-10-14-11-9-13-5-3-7-16(13)17(14)15;1-2-4-5-3-1;1-3-2;;;/h1-4,6,8-11H,7H2;1-3H,4H2;1-2H3;2*1H;/q;;;;;+2/p-2. The van der Waals surface area contributed by atoms with Gasteiger partial charge in [0.2, 0.25) is 0 Å². The molecular formula is C25H22Cl2Zr. The van der Waals surface area contributed by atoms with Crippen molar-refractivity contribution in [2.75, 3.05) is 0 Å². The van der Waals surface area contributed by atoms with Crippen molar-refractivity contribution in [3.8, 4) is 0 Å². The molecule has 0 nitrogen and oxygen atoms in total. The summed E-state index contributed by atoms with van der Waals surface area (Å²) in [6, 6.07) is 18.1. The second-order valence-electron chi connectivity index (χ2n) is 7.50. The first-order chi connectivity index (χ1) is 12.7. The van der Waals surface area contributed by atoms with Crippen molar-refractivity contribution in [1.29, 1.82) is 0 Å². The minimum absolute atomic E-state index is 0. The van der Waals surface area contributed by atoms with Gasteiger partial charge in [0.15, 0.2) is 0 Å². The molecule has 0 N–H and O–H groups in total. The molecule has 3 heteroatoms. The van der Waals surface area contributed by atoms with E-state index < -0.39 is 21.3 Å². The van der Waals surface area contributed by atoms with E-state index in [4.69, 9.17) is 0 Å². The van der Waals surface area contributed by atoms with Gasteiger partial charge in [-0.05, 0) is 0 Å². The van der Waals surface area contributed by atoms with E-state index in [0.29, 0.717) is 0 Å². The Balaban J connectivity index is 0.00000112. The minimum atomic E-state index is -1.91. The molecule has 28 heavy (non-hydrogen) atoms. The fraction of sp³-hybridized carbons (Fsp3) is 0.160. The average molecular weight is 485 g/mol. The van der Waals surface area contributed by atoms with Crippen LogP contribution in [0.15, 0.2) is 76.1 Å². The first-order valence-electron chi connectivity index (χ1n) is 9.42. The summed E-state index contributed by atoms with van der Waals surface area (Å²) in [4.78, 5) is 0. The first kappa shape index (κ1) is 21.4. The smallest absolute Gasteiger partial charge is 1.00 e. The predicted octanol–water partition coefficient (Wildman–Crippen LogP) is 0.572. The van der Waals surface area contributed by atoms with Crippen LogP contribution in [0.25, 0.3) is 24.8 Å². The van der Waals surface area contributed by atoms with Gasteiger partial charge in [0.05, 0.1) is 0 Å². The van der Waals surface area contributed by atoms with Crippen LogP contribution < -0.4 is 24.8 Å². The van der Waals surface area contributed by atoms with Crippen molar-refractivity contribution >= 4 is 28.0 Å². The van der Waals surface area contributed by atoms with Crippen LogP contribution in [0.3, 0.4) is 0 Å². The van der Waals surface area contributed by atoms with E-state index in [9.17, 15) is 0 Å². The van der Waals surface area contributed by atoms with E-state index in [1.807, 2.05) is 0 Å². The Morgan fingerprint density at radius 1 is 0.857 bits per heavy atom. The van der Waals surface area contributed by atoms with Crippen LogP contribution in [0.5, 0.6) is 0 Å². The Hall–Kier alpha value is -1.27. The molecule has 0 fully saturated rings. The summed E-state index contributed by atoms with van der Waals surface area (Å²) in [6.45, 7) is 4.73. The van der Waals surface area contributed by atoms with Gasteiger partial charge in [-0.3, -0.25) is 0 Å². The molecule has 0 heterocycles. The van der Waals surface area contributed by atoms with Gasteiger partial charge in [0.1, 0.15) is 0 Å². The number of fused-ring (bicyclic) bond motifs is 5. The third kappa shape index (κ3) is 3.43. The van der Waals surface area contributed by atoms with Gasteiger partial charge in [-0.25, -0.2) is 0 Å². The van der Waals surface area contributed by atoms with Crippen LogP contribution in [0.4, 0.5) is 0 Å². The van der Waals surface area contributed by atoms with Crippen LogP contribution in [0.1, 0.15) is 31.4 Å². The molecule has 3 aromatic carbocycles. The maximum atomic E-state index is 2.56. The van der Waals surface area contributed by atoms with Gasteiger partial charge in [0.25, 0.3) is 0 Å². The molecule has 0 radical (unpaired) electrons. The molecular weight excluding hydrogens is 462 g/mol. The molecule has 0 amide bonds. The summed E-state index contributed by atoms with van der Waals surface area (Å²) in [5, 5.41) is 5.60. The summed E-state index contributed by atoms with van der Waals surface area (Å²) < 4.78 is 5.11. The third-order valence-corrected chi connectivity index (χ3v) is 13.1. The maximum Gasteiger partial charge on any atom is -1.00 e. The van der Waals surface area contributed by atoms with E-state index in [-0.39, 0.29) is 24.8 Å². The quantitative estimate of drug-likeness (QED) is 0.467. The van der Waals surface area contributed by atoms with E-state index in [2.05, 4.69) is 86.7 Å². The second kappa shape index (κ2) is 8.62. The van der Waals surface area contributed by atoms with Crippen molar-refractivity contribution in [3.05, 3.63) is 87.2 Å². The number of halogens is 2. The average Bonchev–Trinajstić information content (AvgIpc) is 3.32. The van der Waals surface area contributed by atoms with Crippen LogP contribution in [0, 0.1) is 0 Å². The van der Waals surface area contributed by atoms with Crippen molar-refractivity contribution in [1.82, 2.24) is 0 Å². The van der Waals surface area contributed by atoms with Crippen molar-refractivity contribution in [2.45, 2.75) is 26.7 Å². The van der Waals surface area contributed by atoms with Crippen LogP contribution in [-0.2, 0) is 27.7 Å². The zero-order chi connectivity index (χ0) is 17.7. The molecule has 0 unspecified atom stereocenters. The van der Waals surface area contributed by atoms with E-state index in [1.165, 1.54) is 33.5 Å². The second-order valence-corrected chi connectivity index (χ2v) is 14.7. The number of hydrogen-bond acceptors (Lipinski definition) is 0. The Labute approximate surface area is 187 Å². The number of benzene rings is 3.